The van der Waals surface area contributed by atoms with Crippen molar-refractivity contribution in [3.63, 3.8) is 0 Å². The molecule has 64 valence electrons. The zero-order valence-electron chi connectivity index (χ0n) is 6.69. The molecule has 0 atom stereocenters. The summed E-state index contributed by atoms with van der Waals surface area (Å²) in [4.78, 5) is 13.2. The highest BCUT2D eigenvalue weighted by atomic mass is 16.5. The number of carbonyl (C=O) groups is 1. The molecular weight excluding hydrogens is 156 g/mol. The molecule has 0 aliphatic carbocycles. The van der Waals surface area contributed by atoms with Gasteiger partial charge in [-0.1, -0.05) is 5.16 Å². The molecule has 2 rings (SSSR count). The van der Waals surface area contributed by atoms with E-state index in [1.165, 1.54) is 6.26 Å². The highest BCUT2D eigenvalue weighted by molar-refractivity contribution is 5.78. The Hall–Kier alpha value is -1.32. The molecule has 0 aromatic carbocycles. The monoisotopic (exact) mass is 166 g/mol. The Morgan fingerprint density at radius 1 is 1.67 bits per heavy atom. The van der Waals surface area contributed by atoms with Gasteiger partial charge in [0.15, 0.2) is 0 Å². The van der Waals surface area contributed by atoms with Crippen LogP contribution in [-0.2, 0) is 11.2 Å². The van der Waals surface area contributed by atoms with Gasteiger partial charge in [0.05, 0.1) is 12.1 Å². The fourth-order valence-electron chi connectivity index (χ4n) is 1.16. The standard InChI is InChI=1S/C8H10N2O2/c11-8(10-3-1-4-10)6-7-2-5-12-9-7/h2,5H,1,3-4,6H2. The summed E-state index contributed by atoms with van der Waals surface area (Å²) in [6.45, 7) is 1.80. The molecule has 1 saturated heterocycles. The van der Waals surface area contributed by atoms with Gasteiger partial charge in [0.25, 0.3) is 0 Å². The minimum atomic E-state index is 0.148. The van der Waals surface area contributed by atoms with Crippen LogP contribution in [0.1, 0.15) is 12.1 Å². The first-order valence-corrected chi connectivity index (χ1v) is 4.03. The van der Waals surface area contributed by atoms with Gasteiger partial charge in [-0.3, -0.25) is 4.79 Å². The van der Waals surface area contributed by atoms with Crippen LogP contribution in [0.25, 0.3) is 0 Å². The van der Waals surface area contributed by atoms with Crippen LogP contribution < -0.4 is 0 Å². The molecule has 1 aliphatic rings. The van der Waals surface area contributed by atoms with Crippen LogP contribution in [0.2, 0.25) is 0 Å². The molecule has 1 fully saturated rings. The smallest absolute Gasteiger partial charge is 0.228 e. The Balaban J connectivity index is 1.90. The molecule has 1 aromatic heterocycles. The van der Waals surface area contributed by atoms with Crippen LogP contribution in [0.4, 0.5) is 0 Å². The summed E-state index contributed by atoms with van der Waals surface area (Å²) in [5.74, 6) is 0.148. The Morgan fingerprint density at radius 3 is 3.00 bits per heavy atom. The average molecular weight is 166 g/mol. The predicted molar refractivity (Wildman–Crippen MR) is 41.4 cm³/mol. The molecule has 0 unspecified atom stereocenters. The second kappa shape index (κ2) is 2.97. The van der Waals surface area contributed by atoms with Gasteiger partial charge in [0, 0.05) is 19.2 Å². The van der Waals surface area contributed by atoms with E-state index < -0.39 is 0 Å². The Morgan fingerprint density at radius 2 is 2.50 bits per heavy atom. The van der Waals surface area contributed by atoms with Crippen LogP contribution in [0.5, 0.6) is 0 Å². The molecule has 0 saturated carbocycles. The summed E-state index contributed by atoms with van der Waals surface area (Å²) in [5.41, 5.74) is 0.715. The van der Waals surface area contributed by atoms with E-state index in [1.54, 1.807) is 6.07 Å². The van der Waals surface area contributed by atoms with E-state index in [2.05, 4.69) is 9.68 Å². The minimum absolute atomic E-state index is 0.148. The Labute approximate surface area is 70.1 Å². The van der Waals surface area contributed by atoms with E-state index in [0.717, 1.165) is 19.5 Å². The normalized spacial score (nSPS) is 15.8. The van der Waals surface area contributed by atoms with Crippen molar-refractivity contribution in [2.45, 2.75) is 12.8 Å². The predicted octanol–water partition coefficient (Wildman–Crippen LogP) is 0.449. The Bertz CT molecular complexity index is 265. The van der Waals surface area contributed by atoms with Gasteiger partial charge in [-0.25, -0.2) is 0 Å². The van der Waals surface area contributed by atoms with Gasteiger partial charge >= 0.3 is 0 Å². The van der Waals surface area contributed by atoms with E-state index >= 15 is 0 Å². The van der Waals surface area contributed by atoms with Gasteiger partial charge in [0.2, 0.25) is 5.91 Å². The number of aromatic nitrogens is 1. The van der Waals surface area contributed by atoms with Gasteiger partial charge in [-0.05, 0) is 6.42 Å². The van der Waals surface area contributed by atoms with Gasteiger partial charge in [-0.15, -0.1) is 0 Å². The molecular formula is C8H10N2O2. The number of hydrogen-bond donors (Lipinski definition) is 0. The van der Waals surface area contributed by atoms with E-state index in [0.29, 0.717) is 12.1 Å². The van der Waals surface area contributed by atoms with E-state index in [9.17, 15) is 4.79 Å². The summed E-state index contributed by atoms with van der Waals surface area (Å²) in [5, 5.41) is 3.67. The molecule has 0 radical (unpaired) electrons. The molecule has 0 N–H and O–H groups in total. The molecule has 12 heavy (non-hydrogen) atoms. The van der Waals surface area contributed by atoms with Crippen molar-refractivity contribution in [3.8, 4) is 0 Å². The van der Waals surface area contributed by atoms with Gasteiger partial charge in [-0.2, -0.15) is 0 Å². The third-order valence-electron chi connectivity index (χ3n) is 2.03. The van der Waals surface area contributed by atoms with Crippen LogP contribution >= 0.6 is 0 Å². The summed E-state index contributed by atoms with van der Waals surface area (Å²) in [6, 6.07) is 1.72. The topological polar surface area (TPSA) is 46.3 Å². The highest BCUT2D eigenvalue weighted by Crippen LogP contribution is 2.08. The molecule has 4 nitrogen and oxygen atoms in total. The lowest BCUT2D eigenvalue weighted by Gasteiger charge is -2.30. The number of likely N-dealkylation sites (tertiary alicyclic amines) is 1. The number of carbonyl (C=O) groups excluding carboxylic acids is 1. The van der Waals surface area contributed by atoms with Crippen molar-refractivity contribution in [1.82, 2.24) is 10.1 Å². The van der Waals surface area contributed by atoms with Crippen molar-refractivity contribution in [1.29, 1.82) is 0 Å². The average Bonchev–Trinajstić information content (AvgIpc) is 2.34. The molecule has 1 amide bonds. The van der Waals surface area contributed by atoms with Crippen molar-refractivity contribution in [2.75, 3.05) is 13.1 Å². The van der Waals surface area contributed by atoms with Gasteiger partial charge in [0.1, 0.15) is 6.26 Å². The minimum Gasteiger partial charge on any atom is -0.364 e. The third-order valence-corrected chi connectivity index (χ3v) is 2.03. The van der Waals surface area contributed by atoms with Crippen molar-refractivity contribution >= 4 is 5.91 Å². The first kappa shape index (κ1) is 7.34. The van der Waals surface area contributed by atoms with Crippen LogP contribution in [0, 0.1) is 0 Å². The fraction of sp³-hybridized carbons (Fsp3) is 0.500. The molecule has 4 heteroatoms. The molecule has 1 aliphatic heterocycles. The maximum absolute atomic E-state index is 11.3. The molecule has 0 spiro atoms. The molecule has 0 bridgehead atoms. The Kier molecular flexibility index (Phi) is 1.81. The number of nitrogens with zero attached hydrogens (tertiary/aromatic N) is 2. The zero-order chi connectivity index (χ0) is 8.39. The third kappa shape index (κ3) is 1.32. The van der Waals surface area contributed by atoms with E-state index in [-0.39, 0.29) is 5.91 Å². The van der Waals surface area contributed by atoms with Gasteiger partial charge < -0.3 is 9.42 Å². The maximum Gasteiger partial charge on any atom is 0.228 e. The summed E-state index contributed by atoms with van der Waals surface area (Å²) in [6.07, 6.45) is 2.99. The molecule has 1 aromatic rings. The summed E-state index contributed by atoms with van der Waals surface area (Å²) >= 11 is 0. The first-order chi connectivity index (χ1) is 5.86. The second-order valence-corrected chi connectivity index (χ2v) is 2.90. The number of amides is 1. The summed E-state index contributed by atoms with van der Waals surface area (Å²) < 4.78 is 4.63. The van der Waals surface area contributed by atoms with Crippen LogP contribution in [0.15, 0.2) is 16.9 Å². The fourth-order valence-corrected chi connectivity index (χ4v) is 1.16. The van der Waals surface area contributed by atoms with E-state index in [1.807, 2.05) is 4.90 Å². The summed E-state index contributed by atoms with van der Waals surface area (Å²) in [7, 11) is 0. The highest BCUT2D eigenvalue weighted by Gasteiger charge is 2.20. The molecule has 2 heterocycles. The quantitative estimate of drug-likeness (QED) is 0.640. The number of rotatable bonds is 2. The van der Waals surface area contributed by atoms with Crippen molar-refractivity contribution in [2.24, 2.45) is 0 Å². The van der Waals surface area contributed by atoms with Crippen LogP contribution in [-0.4, -0.2) is 29.1 Å². The lowest BCUT2D eigenvalue weighted by molar-refractivity contribution is -0.133. The lowest BCUT2D eigenvalue weighted by Crippen LogP contribution is -2.42. The SMILES string of the molecule is O=C(Cc1ccon1)N1CCC1. The number of hydrogen-bond acceptors (Lipinski definition) is 3. The zero-order valence-corrected chi connectivity index (χ0v) is 6.69. The van der Waals surface area contributed by atoms with Crippen LogP contribution in [0.3, 0.4) is 0 Å². The van der Waals surface area contributed by atoms with Crippen molar-refractivity contribution < 1.29 is 9.32 Å². The lowest BCUT2D eigenvalue weighted by atomic mass is 10.2. The second-order valence-electron chi connectivity index (χ2n) is 2.90. The maximum atomic E-state index is 11.3. The largest absolute Gasteiger partial charge is 0.364 e. The van der Waals surface area contributed by atoms with E-state index in [4.69, 9.17) is 0 Å². The first-order valence-electron chi connectivity index (χ1n) is 4.03. The van der Waals surface area contributed by atoms with Crippen molar-refractivity contribution in [3.05, 3.63) is 18.0 Å².